The minimum atomic E-state index is -0.401. The summed E-state index contributed by atoms with van der Waals surface area (Å²) in [4.78, 5) is 27.8. The second-order valence-corrected chi connectivity index (χ2v) is 4.54. The minimum absolute atomic E-state index is 0.189. The van der Waals surface area contributed by atoms with Crippen molar-refractivity contribution in [2.45, 2.75) is 0 Å². The summed E-state index contributed by atoms with van der Waals surface area (Å²) >= 11 is 0. The van der Waals surface area contributed by atoms with Gasteiger partial charge in [0, 0.05) is 5.69 Å². The predicted molar refractivity (Wildman–Crippen MR) is 86.4 cm³/mol. The number of para-hydroxylation sites is 1. The molecular formula is C17H16N2O4. The number of methoxy groups -OCH3 is 1. The van der Waals surface area contributed by atoms with Crippen molar-refractivity contribution in [2.75, 3.05) is 19.0 Å². The molecule has 6 heteroatoms. The number of carbonyl (C=O) groups excluding carboxylic acids is 2. The average molecular weight is 312 g/mol. The van der Waals surface area contributed by atoms with Gasteiger partial charge in [-0.3, -0.25) is 4.79 Å². The van der Waals surface area contributed by atoms with E-state index in [0.717, 1.165) is 5.56 Å². The maximum Gasteiger partial charge on any atom is 0.337 e. The first-order chi connectivity index (χ1) is 11.2. The molecule has 0 bridgehead atoms. The first-order valence-electron chi connectivity index (χ1n) is 6.87. The Balaban J connectivity index is 1.78. The van der Waals surface area contributed by atoms with Crippen LogP contribution in [-0.4, -0.2) is 31.8 Å². The number of nitrogens with one attached hydrogen (secondary N) is 1. The lowest BCUT2D eigenvalue weighted by Crippen LogP contribution is -2.16. The summed E-state index contributed by atoms with van der Waals surface area (Å²) < 4.78 is 4.61. The number of ether oxygens (including phenoxy) is 1. The van der Waals surface area contributed by atoms with E-state index in [2.05, 4.69) is 15.2 Å². The van der Waals surface area contributed by atoms with E-state index in [1.165, 1.54) is 13.3 Å². The third-order valence-electron chi connectivity index (χ3n) is 2.86. The van der Waals surface area contributed by atoms with Crippen LogP contribution in [0.2, 0.25) is 0 Å². The fourth-order valence-electron chi connectivity index (χ4n) is 1.74. The molecule has 2 rings (SSSR count). The van der Waals surface area contributed by atoms with E-state index in [0.29, 0.717) is 11.3 Å². The molecule has 0 aliphatic carbocycles. The summed E-state index contributed by atoms with van der Waals surface area (Å²) in [6, 6.07) is 15.7. The molecule has 6 nitrogen and oxygen atoms in total. The normalized spacial score (nSPS) is 10.3. The van der Waals surface area contributed by atoms with E-state index in [1.807, 2.05) is 18.2 Å². The van der Waals surface area contributed by atoms with E-state index < -0.39 is 5.97 Å². The maximum atomic E-state index is 11.6. The SMILES string of the molecule is COC(=O)c1ccc(/C=N/OCC(=O)Nc2ccccc2)cc1. The first-order valence-corrected chi connectivity index (χ1v) is 6.87. The molecule has 0 heterocycles. The van der Waals surface area contributed by atoms with Gasteiger partial charge >= 0.3 is 5.97 Å². The molecule has 0 radical (unpaired) electrons. The van der Waals surface area contributed by atoms with Crippen molar-refractivity contribution < 1.29 is 19.2 Å². The molecule has 1 amide bonds. The van der Waals surface area contributed by atoms with Gasteiger partial charge < -0.3 is 14.9 Å². The van der Waals surface area contributed by atoms with Gasteiger partial charge in [-0.25, -0.2) is 4.79 Å². The third-order valence-corrected chi connectivity index (χ3v) is 2.86. The van der Waals surface area contributed by atoms with Gasteiger partial charge in [0.1, 0.15) is 0 Å². The van der Waals surface area contributed by atoms with E-state index in [1.54, 1.807) is 36.4 Å². The van der Waals surface area contributed by atoms with Crippen LogP contribution in [0.15, 0.2) is 59.8 Å². The van der Waals surface area contributed by atoms with Crippen LogP contribution >= 0.6 is 0 Å². The average Bonchev–Trinajstić information content (AvgIpc) is 2.59. The van der Waals surface area contributed by atoms with Gasteiger partial charge in [0.15, 0.2) is 6.61 Å². The molecule has 0 fully saturated rings. The Labute approximate surface area is 133 Å². The summed E-state index contributed by atoms with van der Waals surface area (Å²) in [6.45, 7) is -0.189. The van der Waals surface area contributed by atoms with E-state index in [4.69, 9.17) is 4.84 Å². The zero-order chi connectivity index (χ0) is 16.5. The van der Waals surface area contributed by atoms with Crippen LogP contribution in [0.3, 0.4) is 0 Å². The van der Waals surface area contributed by atoms with Gasteiger partial charge in [0.25, 0.3) is 5.91 Å². The second kappa shape index (κ2) is 8.33. The Kier molecular flexibility index (Phi) is 5.88. The van der Waals surface area contributed by atoms with Crippen LogP contribution in [-0.2, 0) is 14.4 Å². The van der Waals surface area contributed by atoms with Crippen LogP contribution in [0.25, 0.3) is 0 Å². The fourth-order valence-corrected chi connectivity index (χ4v) is 1.74. The zero-order valence-electron chi connectivity index (χ0n) is 12.6. The van der Waals surface area contributed by atoms with Crippen molar-refractivity contribution in [3.05, 3.63) is 65.7 Å². The van der Waals surface area contributed by atoms with E-state index >= 15 is 0 Å². The number of oxime groups is 1. The van der Waals surface area contributed by atoms with Crippen LogP contribution in [0.4, 0.5) is 5.69 Å². The summed E-state index contributed by atoms with van der Waals surface area (Å²) in [7, 11) is 1.33. The third kappa shape index (κ3) is 5.28. The highest BCUT2D eigenvalue weighted by Crippen LogP contribution is 2.05. The first kappa shape index (κ1) is 16.2. The second-order valence-electron chi connectivity index (χ2n) is 4.54. The molecule has 2 aromatic carbocycles. The van der Waals surface area contributed by atoms with Crippen molar-refractivity contribution in [2.24, 2.45) is 5.16 Å². The summed E-state index contributed by atoms with van der Waals surface area (Å²) in [5, 5.41) is 6.39. The highest BCUT2D eigenvalue weighted by molar-refractivity contribution is 5.92. The molecule has 1 N–H and O–H groups in total. The van der Waals surface area contributed by atoms with E-state index in [-0.39, 0.29) is 12.5 Å². The summed E-state index contributed by atoms with van der Waals surface area (Å²) in [5.74, 6) is -0.697. The predicted octanol–water partition coefficient (Wildman–Crippen LogP) is 2.46. The molecule has 2 aromatic rings. The topological polar surface area (TPSA) is 77.0 Å². The molecule has 0 aromatic heterocycles. The molecule has 0 saturated heterocycles. The quantitative estimate of drug-likeness (QED) is 0.505. The maximum absolute atomic E-state index is 11.6. The van der Waals surface area contributed by atoms with Crippen LogP contribution in [0, 0.1) is 0 Å². The number of hydrogen-bond donors (Lipinski definition) is 1. The molecule has 0 saturated carbocycles. The molecule has 0 spiro atoms. The van der Waals surface area contributed by atoms with Crippen molar-refractivity contribution >= 4 is 23.8 Å². The standard InChI is InChI=1S/C17H16N2O4/c1-22-17(21)14-9-7-13(8-10-14)11-18-23-12-16(20)19-15-5-3-2-4-6-15/h2-11H,12H2,1H3,(H,19,20)/b18-11+. The number of nitrogens with zero attached hydrogens (tertiary/aromatic N) is 1. The Morgan fingerprint density at radius 1 is 1.09 bits per heavy atom. The van der Waals surface area contributed by atoms with Gasteiger partial charge in [-0.1, -0.05) is 35.5 Å². The number of anilines is 1. The van der Waals surface area contributed by atoms with Gasteiger partial charge in [-0.15, -0.1) is 0 Å². The number of hydrogen-bond acceptors (Lipinski definition) is 5. The molecular weight excluding hydrogens is 296 g/mol. The highest BCUT2D eigenvalue weighted by Gasteiger charge is 2.04. The summed E-state index contributed by atoms with van der Waals surface area (Å²) in [5.41, 5.74) is 1.89. The van der Waals surface area contributed by atoms with Gasteiger partial charge in [0.2, 0.25) is 0 Å². The van der Waals surface area contributed by atoms with Crippen molar-refractivity contribution in [1.29, 1.82) is 0 Å². The number of carbonyl (C=O) groups is 2. The Bertz CT molecular complexity index is 681. The minimum Gasteiger partial charge on any atom is -0.465 e. The molecule has 23 heavy (non-hydrogen) atoms. The van der Waals surface area contributed by atoms with E-state index in [9.17, 15) is 9.59 Å². The van der Waals surface area contributed by atoms with Gasteiger partial charge in [0.05, 0.1) is 18.9 Å². The number of benzene rings is 2. The van der Waals surface area contributed by atoms with Crippen molar-refractivity contribution in [3.8, 4) is 0 Å². The van der Waals surface area contributed by atoms with Crippen LogP contribution < -0.4 is 5.32 Å². The Hall–Kier alpha value is -3.15. The lowest BCUT2D eigenvalue weighted by Gasteiger charge is -2.03. The molecule has 0 aliphatic heterocycles. The molecule has 118 valence electrons. The Morgan fingerprint density at radius 2 is 1.78 bits per heavy atom. The fraction of sp³-hybridized carbons (Fsp3) is 0.118. The largest absolute Gasteiger partial charge is 0.465 e. The molecule has 0 aliphatic rings. The van der Waals surface area contributed by atoms with Gasteiger partial charge in [-0.2, -0.15) is 0 Å². The van der Waals surface area contributed by atoms with Gasteiger partial charge in [-0.05, 0) is 29.8 Å². The van der Waals surface area contributed by atoms with Crippen LogP contribution in [0.1, 0.15) is 15.9 Å². The smallest absolute Gasteiger partial charge is 0.337 e. The number of amides is 1. The highest BCUT2D eigenvalue weighted by atomic mass is 16.6. The number of esters is 1. The zero-order valence-corrected chi connectivity index (χ0v) is 12.6. The molecule has 0 atom stereocenters. The monoisotopic (exact) mass is 312 g/mol. The molecule has 0 unspecified atom stereocenters. The van der Waals surface area contributed by atoms with Crippen LogP contribution in [0.5, 0.6) is 0 Å². The number of rotatable bonds is 6. The Morgan fingerprint density at radius 3 is 2.43 bits per heavy atom. The lowest BCUT2D eigenvalue weighted by atomic mass is 10.1. The van der Waals surface area contributed by atoms with Crippen molar-refractivity contribution in [3.63, 3.8) is 0 Å². The van der Waals surface area contributed by atoms with Crippen molar-refractivity contribution in [1.82, 2.24) is 0 Å². The summed E-state index contributed by atoms with van der Waals surface area (Å²) in [6.07, 6.45) is 1.46. The lowest BCUT2D eigenvalue weighted by molar-refractivity contribution is -0.120.